The summed E-state index contributed by atoms with van der Waals surface area (Å²) in [5, 5.41) is 0.262. The quantitative estimate of drug-likeness (QED) is 0.818. The van der Waals surface area contributed by atoms with E-state index in [2.05, 4.69) is 38.6 Å². The maximum Gasteiger partial charge on any atom is 0.231 e. The molecule has 0 spiro atoms. The van der Waals surface area contributed by atoms with Crippen molar-refractivity contribution in [1.82, 2.24) is 15.0 Å². The van der Waals surface area contributed by atoms with Crippen LogP contribution in [0.5, 0.6) is 0 Å². The monoisotopic (exact) mass is 329 g/mol. The summed E-state index contributed by atoms with van der Waals surface area (Å²) in [7, 11) is 0. The van der Waals surface area contributed by atoms with Crippen LogP contribution in [0.2, 0.25) is 5.28 Å². The predicted molar refractivity (Wildman–Crippen MR) is 86.6 cm³/mol. The van der Waals surface area contributed by atoms with Gasteiger partial charge in [0.25, 0.3) is 0 Å². The molecule has 116 valence electrons. The normalized spacial score (nSPS) is 22.4. The summed E-state index contributed by atoms with van der Waals surface area (Å²) in [4.78, 5) is 17.5. The van der Waals surface area contributed by atoms with E-state index in [0.29, 0.717) is 25.1 Å². The standard InChI is InChI=1S/C13H20ClN5OS/c1-13(2)9-19(5-8-21-13)12-16-10(14)15-11(17-12)18-3-6-20-7-4-18/h3-9H2,1-2H3. The molecule has 0 bridgehead atoms. The number of aromatic nitrogens is 3. The molecule has 2 aliphatic heterocycles. The average molecular weight is 330 g/mol. The van der Waals surface area contributed by atoms with Crippen LogP contribution >= 0.6 is 23.4 Å². The Morgan fingerprint density at radius 3 is 2.38 bits per heavy atom. The number of rotatable bonds is 2. The second-order valence-electron chi connectivity index (χ2n) is 5.83. The first kappa shape index (κ1) is 15.1. The number of thioether (sulfide) groups is 1. The van der Waals surface area contributed by atoms with Crippen molar-refractivity contribution in [3.63, 3.8) is 0 Å². The minimum Gasteiger partial charge on any atom is -0.378 e. The van der Waals surface area contributed by atoms with Gasteiger partial charge in [-0.1, -0.05) is 0 Å². The zero-order chi connectivity index (χ0) is 14.9. The molecule has 2 saturated heterocycles. The lowest BCUT2D eigenvalue weighted by Crippen LogP contribution is -2.44. The van der Waals surface area contributed by atoms with E-state index >= 15 is 0 Å². The first-order valence-electron chi connectivity index (χ1n) is 7.17. The van der Waals surface area contributed by atoms with Crippen LogP contribution in [0, 0.1) is 0 Å². The molecule has 0 N–H and O–H groups in total. The molecule has 0 unspecified atom stereocenters. The smallest absolute Gasteiger partial charge is 0.231 e. The van der Waals surface area contributed by atoms with Crippen molar-refractivity contribution in [1.29, 1.82) is 0 Å². The van der Waals surface area contributed by atoms with Gasteiger partial charge >= 0.3 is 0 Å². The van der Waals surface area contributed by atoms with Gasteiger partial charge in [-0.3, -0.25) is 0 Å². The van der Waals surface area contributed by atoms with Crippen LogP contribution in [-0.4, -0.2) is 64.8 Å². The highest BCUT2D eigenvalue weighted by Gasteiger charge is 2.29. The number of hydrogen-bond donors (Lipinski definition) is 0. The van der Waals surface area contributed by atoms with E-state index in [0.717, 1.165) is 31.9 Å². The van der Waals surface area contributed by atoms with Gasteiger partial charge in [0.2, 0.25) is 17.2 Å². The number of halogens is 1. The largest absolute Gasteiger partial charge is 0.378 e. The molecular formula is C13H20ClN5OS. The van der Waals surface area contributed by atoms with Crippen LogP contribution in [0.15, 0.2) is 0 Å². The summed E-state index contributed by atoms with van der Waals surface area (Å²) in [6.45, 7) is 9.34. The second-order valence-corrected chi connectivity index (χ2v) is 7.97. The van der Waals surface area contributed by atoms with E-state index < -0.39 is 0 Å². The highest BCUT2D eigenvalue weighted by molar-refractivity contribution is 8.00. The first-order valence-corrected chi connectivity index (χ1v) is 8.53. The van der Waals surface area contributed by atoms with Crippen LogP contribution < -0.4 is 9.80 Å². The van der Waals surface area contributed by atoms with Gasteiger partial charge in [-0.2, -0.15) is 26.7 Å². The van der Waals surface area contributed by atoms with Gasteiger partial charge in [-0.05, 0) is 25.4 Å². The summed E-state index contributed by atoms with van der Waals surface area (Å²) < 4.78 is 5.57. The van der Waals surface area contributed by atoms with Gasteiger partial charge in [0.1, 0.15) is 0 Å². The van der Waals surface area contributed by atoms with Crippen LogP contribution in [0.3, 0.4) is 0 Å². The van der Waals surface area contributed by atoms with Crippen molar-refractivity contribution in [3.05, 3.63) is 5.28 Å². The minimum absolute atomic E-state index is 0.205. The third kappa shape index (κ3) is 3.70. The van der Waals surface area contributed by atoms with Crippen LogP contribution in [0.4, 0.5) is 11.9 Å². The van der Waals surface area contributed by atoms with Crippen molar-refractivity contribution >= 4 is 35.3 Å². The summed E-state index contributed by atoms with van der Waals surface area (Å²) in [5.41, 5.74) is 0. The van der Waals surface area contributed by atoms with Crippen molar-refractivity contribution in [3.8, 4) is 0 Å². The average Bonchev–Trinajstić information content (AvgIpc) is 2.46. The first-order chi connectivity index (χ1) is 10.0. The Morgan fingerprint density at radius 2 is 1.71 bits per heavy atom. The Kier molecular flexibility index (Phi) is 4.42. The molecule has 0 aliphatic carbocycles. The second kappa shape index (κ2) is 6.14. The lowest BCUT2D eigenvalue weighted by molar-refractivity contribution is 0.122. The molecule has 0 aromatic carbocycles. The van der Waals surface area contributed by atoms with Crippen LogP contribution in [0.25, 0.3) is 0 Å². The maximum absolute atomic E-state index is 6.11. The number of nitrogens with zero attached hydrogens (tertiary/aromatic N) is 5. The summed E-state index contributed by atoms with van der Waals surface area (Å²) in [5.74, 6) is 2.41. The Labute approximate surface area is 134 Å². The third-order valence-corrected chi connectivity index (χ3v) is 5.05. The van der Waals surface area contributed by atoms with Gasteiger partial charge in [-0.15, -0.1) is 0 Å². The summed E-state index contributed by atoms with van der Waals surface area (Å²) in [6.07, 6.45) is 0. The number of hydrogen-bond acceptors (Lipinski definition) is 7. The van der Waals surface area contributed by atoms with Gasteiger partial charge < -0.3 is 14.5 Å². The van der Waals surface area contributed by atoms with E-state index in [1.165, 1.54) is 0 Å². The van der Waals surface area contributed by atoms with E-state index in [4.69, 9.17) is 16.3 Å². The lowest BCUT2D eigenvalue weighted by Gasteiger charge is -2.37. The molecule has 3 rings (SSSR count). The van der Waals surface area contributed by atoms with Crippen LogP contribution in [0.1, 0.15) is 13.8 Å². The van der Waals surface area contributed by atoms with E-state index in [1.54, 1.807) is 0 Å². The van der Waals surface area contributed by atoms with E-state index in [1.807, 2.05) is 11.8 Å². The number of morpholine rings is 1. The summed E-state index contributed by atoms with van der Waals surface area (Å²) >= 11 is 8.09. The Bertz CT molecular complexity index is 509. The fourth-order valence-corrected chi connectivity index (χ4v) is 3.83. The molecule has 0 radical (unpaired) electrons. The predicted octanol–water partition coefficient (Wildman–Crippen LogP) is 1.69. The zero-order valence-corrected chi connectivity index (χ0v) is 14.0. The van der Waals surface area contributed by atoms with Crippen LogP contribution in [-0.2, 0) is 4.74 Å². The molecule has 21 heavy (non-hydrogen) atoms. The Morgan fingerprint density at radius 1 is 1.05 bits per heavy atom. The molecule has 0 amide bonds. The molecule has 1 aromatic heterocycles. The van der Waals surface area contributed by atoms with Crippen molar-refractivity contribution < 1.29 is 4.74 Å². The molecule has 3 heterocycles. The number of ether oxygens (including phenoxy) is 1. The molecular weight excluding hydrogens is 310 g/mol. The molecule has 2 fully saturated rings. The van der Waals surface area contributed by atoms with Gasteiger partial charge in [0, 0.05) is 36.7 Å². The van der Waals surface area contributed by atoms with Crippen molar-refractivity contribution in [2.45, 2.75) is 18.6 Å². The van der Waals surface area contributed by atoms with Gasteiger partial charge in [-0.25, -0.2) is 0 Å². The fourth-order valence-electron chi connectivity index (χ4n) is 2.56. The lowest BCUT2D eigenvalue weighted by atomic mass is 10.2. The minimum atomic E-state index is 0.205. The molecule has 2 aliphatic rings. The maximum atomic E-state index is 6.11. The zero-order valence-electron chi connectivity index (χ0n) is 12.4. The highest BCUT2D eigenvalue weighted by Crippen LogP contribution is 2.31. The van der Waals surface area contributed by atoms with Gasteiger partial charge in [0.15, 0.2) is 0 Å². The van der Waals surface area contributed by atoms with Crippen molar-refractivity contribution in [2.75, 3.05) is 54.9 Å². The molecule has 8 heteroatoms. The SMILES string of the molecule is CC1(C)CN(c2nc(Cl)nc(N3CCOCC3)n2)CCS1. The van der Waals surface area contributed by atoms with E-state index in [-0.39, 0.29) is 10.0 Å². The molecule has 1 aromatic rings. The molecule has 0 saturated carbocycles. The molecule has 6 nitrogen and oxygen atoms in total. The molecule has 0 atom stereocenters. The number of anilines is 2. The third-order valence-electron chi connectivity index (χ3n) is 3.59. The van der Waals surface area contributed by atoms with Crippen molar-refractivity contribution in [2.24, 2.45) is 0 Å². The Hall–Kier alpha value is -0.790. The van der Waals surface area contributed by atoms with Gasteiger partial charge in [0.05, 0.1) is 13.2 Å². The van der Waals surface area contributed by atoms with E-state index in [9.17, 15) is 0 Å². The Balaban J connectivity index is 1.83. The fraction of sp³-hybridized carbons (Fsp3) is 0.769. The topological polar surface area (TPSA) is 54.4 Å². The highest BCUT2D eigenvalue weighted by atomic mass is 35.5. The summed E-state index contributed by atoms with van der Waals surface area (Å²) in [6, 6.07) is 0.